The summed E-state index contributed by atoms with van der Waals surface area (Å²) in [6, 6.07) is 12.3. The first-order valence-corrected chi connectivity index (χ1v) is 9.46. The second kappa shape index (κ2) is 8.63. The average Bonchev–Trinajstić information content (AvgIpc) is 2.63. The van der Waals surface area contributed by atoms with Crippen LogP contribution >= 0.6 is 11.6 Å². The molecule has 1 fully saturated rings. The SMILES string of the molecule is CC1CCCCN1C[C@H](C)COc1ccc(-c2ccc(Cl)nn2)cc1. The summed E-state index contributed by atoms with van der Waals surface area (Å²) in [7, 11) is 0. The molecule has 2 aromatic rings. The van der Waals surface area contributed by atoms with Crippen LogP contribution in [0.3, 0.4) is 0 Å². The Morgan fingerprint density at radius 2 is 1.96 bits per heavy atom. The molecule has 2 atom stereocenters. The van der Waals surface area contributed by atoms with E-state index in [1.165, 1.54) is 25.8 Å². The molecule has 3 rings (SSSR count). The average molecular weight is 360 g/mol. The number of piperidine rings is 1. The molecule has 0 bridgehead atoms. The van der Waals surface area contributed by atoms with Gasteiger partial charge in [-0.1, -0.05) is 24.9 Å². The molecule has 4 nitrogen and oxygen atoms in total. The van der Waals surface area contributed by atoms with Gasteiger partial charge in [0.1, 0.15) is 5.75 Å². The van der Waals surface area contributed by atoms with E-state index in [1.54, 1.807) is 6.07 Å². The van der Waals surface area contributed by atoms with Crippen LogP contribution in [-0.2, 0) is 0 Å². The molecule has 2 heterocycles. The van der Waals surface area contributed by atoms with Crippen molar-refractivity contribution in [2.75, 3.05) is 19.7 Å². The minimum atomic E-state index is 0.403. The van der Waals surface area contributed by atoms with Crippen LogP contribution in [0.15, 0.2) is 36.4 Å². The third-order valence-corrected chi connectivity index (χ3v) is 5.00. The lowest BCUT2D eigenvalue weighted by molar-refractivity contribution is 0.121. The number of hydrogen-bond donors (Lipinski definition) is 0. The van der Waals surface area contributed by atoms with E-state index >= 15 is 0 Å². The van der Waals surface area contributed by atoms with Crippen LogP contribution in [-0.4, -0.2) is 40.8 Å². The first kappa shape index (κ1) is 18.2. The molecule has 134 valence electrons. The Kier molecular flexibility index (Phi) is 6.27. The lowest BCUT2D eigenvalue weighted by Gasteiger charge is -2.35. The number of benzene rings is 1. The Balaban J connectivity index is 1.50. The third-order valence-electron chi connectivity index (χ3n) is 4.80. The van der Waals surface area contributed by atoms with Gasteiger partial charge in [0.25, 0.3) is 0 Å². The lowest BCUT2D eigenvalue weighted by atomic mass is 10.0. The number of likely N-dealkylation sites (tertiary alicyclic amines) is 1. The van der Waals surface area contributed by atoms with Crippen LogP contribution in [0.25, 0.3) is 11.3 Å². The Bertz CT molecular complexity index is 660. The van der Waals surface area contributed by atoms with E-state index in [1.807, 2.05) is 30.3 Å². The van der Waals surface area contributed by atoms with Crippen molar-refractivity contribution in [1.82, 2.24) is 15.1 Å². The molecular weight excluding hydrogens is 334 g/mol. The molecule has 5 heteroatoms. The van der Waals surface area contributed by atoms with Crippen LogP contribution in [0.2, 0.25) is 5.15 Å². The normalized spacial score (nSPS) is 19.6. The van der Waals surface area contributed by atoms with E-state index in [0.29, 0.717) is 17.1 Å². The maximum atomic E-state index is 5.97. The second-order valence-corrected chi connectivity index (χ2v) is 7.41. The number of ether oxygens (including phenoxy) is 1. The Morgan fingerprint density at radius 1 is 1.16 bits per heavy atom. The van der Waals surface area contributed by atoms with Crippen LogP contribution in [0.1, 0.15) is 33.1 Å². The fourth-order valence-electron chi connectivity index (χ4n) is 3.31. The van der Waals surface area contributed by atoms with E-state index in [9.17, 15) is 0 Å². The minimum Gasteiger partial charge on any atom is -0.493 e. The summed E-state index contributed by atoms with van der Waals surface area (Å²) in [5.74, 6) is 1.41. The summed E-state index contributed by atoms with van der Waals surface area (Å²) >= 11 is 5.78. The van der Waals surface area contributed by atoms with Crippen molar-refractivity contribution in [2.24, 2.45) is 5.92 Å². The maximum absolute atomic E-state index is 5.97. The molecule has 0 aliphatic carbocycles. The Labute approximate surface area is 155 Å². The number of hydrogen-bond acceptors (Lipinski definition) is 4. The number of aromatic nitrogens is 2. The van der Waals surface area contributed by atoms with Crippen LogP contribution in [0.5, 0.6) is 5.75 Å². The van der Waals surface area contributed by atoms with Crippen molar-refractivity contribution in [3.63, 3.8) is 0 Å². The van der Waals surface area contributed by atoms with E-state index < -0.39 is 0 Å². The topological polar surface area (TPSA) is 38.2 Å². The van der Waals surface area contributed by atoms with Gasteiger partial charge in [-0.05, 0) is 62.7 Å². The minimum absolute atomic E-state index is 0.403. The summed E-state index contributed by atoms with van der Waals surface area (Å²) < 4.78 is 5.97. The van der Waals surface area contributed by atoms with Crippen LogP contribution < -0.4 is 4.74 Å². The van der Waals surface area contributed by atoms with Gasteiger partial charge in [-0.15, -0.1) is 10.2 Å². The lowest BCUT2D eigenvalue weighted by Crippen LogP contribution is -2.41. The smallest absolute Gasteiger partial charge is 0.151 e. The summed E-state index contributed by atoms with van der Waals surface area (Å²) in [5.41, 5.74) is 1.81. The Morgan fingerprint density at radius 3 is 2.64 bits per heavy atom. The maximum Gasteiger partial charge on any atom is 0.151 e. The van der Waals surface area contributed by atoms with Gasteiger partial charge >= 0.3 is 0 Å². The summed E-state index contributed by atoms with van der Waals surface area (Å²) in [5, 5.41) is 8.38. The van der Waals surface area contributed by atoms with Gasteiger partial charge < -0.3 is 9.64 Å². The Hall–Kier alpha value is -1.65. The van der Waals surface area contributed by atoms with Crippen molar-refractivity contribution in [2.45, 2.75) is 39.2 Å². The first-order chi connectivity index (χ1) is 12.1. The zero-order valence-electron chi connectivity index (χ0n) is 15.0. The van der Waals surface area contributed by atoms with Crippen LogP contribution in [0.4, 0.5) is 0 Å². The zero-order chi connectivity index (χ0) is 17.6. The molecule has 1 aliphatic heterocycles. The van der Waals surface area contributed by atoms with Crippen molar-refractivity contribution in [1.29, 1.82) is 0 Å². The van der Waals surface area contributed by atoms with E-state index in [-0.39, 0.29) is 0 Å². The number of halogens is 1. The van der Waals surface area contributed by atoms with E-state index in [4.69, 9.17) is 16.3 Å². The number of nitrogens with zero attached hydrogens (tertiary/aromatic N) is 3. The standard InChI is InChI=1S/C20H26ClN3O/c1-15(13-24-12-4-3-5-16(24)2)14-25-18-8-6-17(7-9-18)19-10-11-20(21)23-22-19/h6-11,15-16H,3-5,12-14H2,1-2H3/t15-,16?/m0/s1. The largest absolute Gasteiger partial charge is 0.493 e. The highest BCUT2D eigenvalue weighted by Gasteiger charge is 2.20. The van der Waals surface area contributed by atoms with Gasteiger partial charge in [0, 0.05) is 24.1 Å². The first-order valence-electron chi connectivity index (χ1n) is 9.08. The summed E-state index contributed by atoms with van der Waals surface area (Å²) in [4.78, 5) is 2.60. The molecule has 1 aliphatic rings. The molecule has 1 aromatic carbocycles. The van der Waals surface area contributed by atoms with Crippen molar-refractivity contribution in [3.8, 4) is 17.0 Å². The monoisotopic (exact) mass is 359 g/mol. The van der Waals surface area contributed by atoms with Crippen molar-refractivity contribution < 1.29 is 4.74 Å². The van der Waals surface area contributed by atoms with Crippen molar-refractivity contribution >= 4 is 11.6 Å². The molecular formula is C20H26ClN3O. The fraction of sp³-hybridized carbons (Fsp3) is 0.500. The highest BCUT2D eigenvalue weighted by atomic mass is 35.5. The van der Waals surface area contributed by atoms with Gasteiger partial charge in [-0.2, -0.15) is 0 Å². The van der Waals surface area contributed by atoms with Gasteiger partial charge in [0.15, 0.2) is 5.15 Å². The third kappa shape index (κ3) is 5.16. The van der Waals surface area contributed by atoms with Gasteiger partial charge in [0.2, 0.25) is 0 Å². The van der Waals surface area contributed by atoms with Gasteiger partial charge in [-0.25, -0.2) is 0 Å². The molecule has 1 saturated heterocycles. The van der Waals surface area contributed by atoms with Crippen LogP contribution in [0, 0.1) is 5.92 Å². The van der Waals surface area contributed by atoms with E-state index in [2.05, 4.69) is 28.9 Å². The van der Waals surface area contributed by atoms with Crippen molar-refractivity contribution in [3.05, 3.63) is 41.6 Å². The number of rotatable bonds is 6. The molecule has 0 saturated carbocycles. The molecule has 1 aromatic heterocycles. The highest BCUT2D eigenvalue weighted by Crippen LogP contribution is 2.22. The van der Waals surface area contributed by atoms with Gasteiger partial charge in [0.05, 0.1) is 12.3 Å². The molecule has 0 N–H and O–H groups in total. The molecule has 0 amide bonds. The predicted molar refractivity (Wildman–Crippen MR) is 102 cm³/mol. The molecule has 25 heavy (non-hydrogen) atoms. The summed E-state index contributed by atoms with van der Waals surface area (Å²) in [6.45, 7) is 7.68. The molecule has 0 radical (unpaired) electrons. The van der Waals surface area contributed by atoms with Gasteiger partial charge in [-0.3, -0.25) is 0 Å². The van der Waals surface area contributed by atoms with E-state index in [0.717, 1.165) is 30.2 Å². The summed E-state index contributed by atoms with van der Waals surface area (Å²) in [6.07, 6.45) is 4.02. The molecule has 1 unspecified atom stereocenters. The molecule has 0 spiro atoms. The second-order valence-electron chi connectivity index (χ2n) is 7.02. The quantitative estimate of drug-likeness (QED) is 0.750. The highest BCUT2D eigenvalue weighted by molar-refractivity contribution is 6.29. The predicted octanol–water partition coefficient (Wildman–Crippen LogP) is 4.69. The fourth-order valence-corrected chi connectivity index (χ4v) is 3.41. The zero-order valence-corrected chi connectivity index (χ0v) is 15.7.